The van der Waals surface area contributed by atoms with Gasteiger partial charge >= 0.3 is 0 Å². The molecule has 4 nitrogen and oxygen atoms in total. The first-order chi connectivity index (χ1) is 10.9. The average Bonchev–Trinajstić information content (AvgIpc) is 2.95. The molecule has 1 spiro atoms. The van der Waals surface area contributed by atoms with Gasteiger partial charge in [0, 0.05) is 32.0 Å². The van der Waals surface area contributed by atoms with E-state index >= 15 is 0 Å². The van der Waals surface area contributed by atoms with Crippen molar-refractivity contribution in [2.45, 2.75) is 58.7 Å². The molecule has 4 heteroatoms. The van der Waals surface area contributed by atoms with Crippen LogP contribution >= 0.6 is 0 Å². The van der Waals surface area contributed by atoms with Gasteiger partial charge in [0.25, 0.3) is 0 Å². The van der Waals surface area contributed by atoms with E-state index in [4.69, 9.17) is 9.47 Å². The van der Waals surface area contributed by atoms with Crippen LogP contribution < -0.4 is 0 Å². The molecule has 2 heterocycles. The molecule has 0 atom stereocenters. The van der Waals surface area contributed by atoms with Gasteiger partial charge in [-0.15, -0.1) is 0 Å². The minimum Gasteiger partial charge on any atom is -0.347 e. The number of hydrogen-bond donors (Lipinski definition) is 0. The average molecular weight is 319 g/mol. The molecule has 3 aliphatic rings. The molecule has 1 aliphatic carbocycles. The van der Waals surface area contributed by atoms with Crippen molar-refractivity contribution in [1.29, 1.82) is 0 Å². The normalized spacial score (nSPS) is 27.2. The van der Waals surface area contributed by atoms with Gasteiger partial charge in [-0.1, -0.05) is 25.5 Å². The summed E-state index contributed by atoms with van der Waals surface area (Å²) in [5.74, 6) is -0.301. The van der Waals surface area contributed by atoms with Crippen LogP contribution in [0.5, 0.6) is 0 Å². The van der Waals surface area contributed by atoms with Gasteiger partial charge in [-0.25, -0.2) is 0 Å². The maximum absolute atomic E-state index is 12.5. The zero-order valence-electron chi connectivity index (χ0n) is 14.7. The molecule has 0 N–H and O–H groups in total. The summed E-state index contributed by atoms with van der Waals surface area (Å²) >= 11 is 0. The van der Waals surface area contributed by atoms with E-state index in [0.717, 1.165) is 19.3 Å². The van der Waals surface area contributed by atoms with Crippen LogP contribution in [0, 0.1) is 5.41 Å². The van der Waals surface area contributed by atoms with E-state index in [1.807, 2.05) is 4.90 Å². The van der Waals surface area contributed by atoms with Crippen molar-refractivity contribution in [1.82, 2.24) is 4.90 Å². The van der Waals surface area contributed by atoms with Crippen LogP contribution in [0.4, 0.5) is 0 Å². The first-order valence-corrected chi connectivity index (χ1v) is 8.87. The molecule has 0 aromatic heterocycles. The van der Waals surface area contributed by atoms with Crippen molar-refractivity contribution < 1.29 is 14.3 Å². The lowest BCUT2D eigenvalue weighted by Gasteiger charge is -2.37. The van der Waals surface area contributed by atoms with Crippen molar-refractivity contribution >= 4 is 5.91 Å². The van der Waals surface area contributed by atoms with Crippen LogP contribution in [0.15, 0.2) is 23.3 Å². The molecule has 0 aromatic rings. The monoisotopic (exact) mass is 319 g/mol. The number of allylic oxidation sites excluding steroid dienone is 3. The highest BCUT2D eigenvalue weighted by molar-refractivity contribution is 5.88. The predicted molar refractivity (Wildman–Crippen MR) is 89.9 cm³/mol. The number of ether oxygens (including phenoxy) is 2. The molecule has 2 fully saturated rings. The molecule has 1 amide bonds. The lowest BCUT2D eigenvalue weighted by molar-refractivity contribution is -0.186. The molecule has 2 aliphatic heterocycles. The summed E-state index contributed by atoms with van der Waals surface area (Å²) in [5, 5.41) is 0. The second-order valence-electron chi connectivity index (χ2n) is 7.70. The Balaban J connectivity index is 1.61. The third-order valence-electron chi connectivity index (χ3n) is 5.59. The Labute approximate surface area is 139 Å². The largest absolute Gasteiger partial charge is 0.347 e. The van der Waals surface area contributed by atoms with E-state index in [1.165, 1.54) is 24.0 Å². The Hall–Kier alpha value is -1.13. The molecule has 0 saturated carbocycles. The highest BCUT2D eigenvalue weighted by atomic mass is 16.7. The summed E-state index contributed by atoms with van der Waals surface area (Å²) in [6.07, 6.45) is 8.97. The molecular weight excluding hydrogens is 290 g/mol. The fourth-order valence-electron chi connectivity index (χ4n) is 4.12. The zero-order chi connectivity index (χ0) is 16.5. The van der Waals surface area contributed by atoms with Crippen LogP contribution in [0.3, 0.4) is 0 Å². The van der Waals surface area contributed by atoms with Crippen molar-refractivity contribution in [2.24, 2.45) is 5.41 Å². The molecule has 3 rings (SSSR count). The molecule has 2 saturated heterocycles. The number of carbonyl (C=O) groups is 1. The van der Waals surface area contributed by atoms with Gasteiger partial charge in [-0.3, -0.25) is 4.79 Å². The van der Waals surface area contributed by atoms with E-state index in [1.54, 1.807) is 6.08 Å². The first-order valence-electron chi connectivity index (χ1n) is 8.87. The zero-order valence-corrected chi connectivity index (χ0v) is 14.7. The third-order valence-corrected chi connectivity index (χ3v) is 5.59. The van der Waals surface area contributed by atoms with Gasteiger partial charge in [0.2, 0.25) is 5.91 Å². The standard InChI is InChI=1S/C19H29NO3/c1-15-5-4-8-18(2,3)16(15)6-7-17(21)20-11-9-19(10-12-20)22-13-14-23-19/h6-7H,4-5,8-14H2,1-3H3/b7-6+. The number of carbonyl (C=O) groups excluding carboxylic acids is 1. The predicted octanol–water partition coefficient (Wildman–Crippen LogP) is 3.43. The SMILES string of the molecule is CC1=C(/C=C/C(=O)N2CCC3(CC2)OCCO3)C(C)(C)CCC1. The number of rotatable bonds is 2. The molecular formula is C19H29NO3. The van der Waals surface area contributed by atoms with Crippen LogP contribution in [-0.4, -0.2) is 42.9 Å². The summed E-state index contributed by atoms with van der Waals surface area (Å²) in [5.41, 5.74) is 2.94. The van der Waals surface area contributed by atoms with Crippen molar-refractivity contribution in [2.75, 3.05) is 26.3 Å². The van der Waals surface area contributed by atoms with Gasteiger partial charge in [-0.05, 0) is 37.2 Å². The third kappa shape index (κ3) is 3.53. The maximum Gasteiger partial charge on any atom is 0.246 e. The molecule has 0 aromatic carbocycles. The fraction of sp³-hybridized carbons (Fsp3) is 0.737. The van der Waals surface area contributed by atoms with E-state index < -0.39 is 5.79 Å². The van der Waals surface area contributed by atoms with Crippen molar-refractivity contribution in [3.05, 3.63) is 23.3 Å². The van der Waals surface area contributed by atoms with Gasteiger partial charge in [0.15, 0.2) is 5.79 Å². The van der Waals surface area contributed by atoms with E-state index in [-0.39, 0.29) is 11.3 Å². The smallest absolute Gasteiger partial charge is 0.246 e. The Morgan fingerprint density at radius 3 is 2.39 bits per heavy atom. The molecule has 23 heavy (non-hydrogen) atoms. The summed E-state index contributed by atoms with van der Waals surface area (Å²) in [7, 11) is 0. The van der Waals surface area contributed by atoms with Crippen LogP contribution in [0.25, 0.3) is 0 Å². The number of piperidine rings is 1. The summed E-state index contributed by atoms with van der Waals surface area (Å²) < 4.78 is 11.4. The Kier molecular flexibility index (Phi) is 4.65. The Bertz CT molecular complexity index is 517. The number of likely N-dealkylation sites (tertiary alicyclic amines) is 1. The Morgan fingerprint density at radius 1 is 1.13 bits per heavy atom. The molecule has 0 radical (unpaired) electrons. The summed E-state index contributed by atoms with van der Waals surface area (Å²) in [4.78, 5) is 14.4. The highest BCUT2D eigenvalue weighted by Crippen LogP contribution is 2.40. The highest BCUT2D eigenvalue weighted by Gasteiger charge is 2.40. The fourth-order valence-corrected chi connectivity index (χ4v) is 4.12. The topological polar surface area (TPSA) is 38.8 Å². The van der Waals surface area contributed by atoms with Crippen molar-refractivity contribution in [3.8, 4) is 0 Å². The second-order valence-corrected chi connectivity index (χ2v) is 7.70. The summed E-state index contributed by atoms with van der Waals surface area (Å²) in [6, 6.07) is 0. The van der Waals surface area contributed by atoms with Crippen LogP contribution in [0.2, 0.25) is 0 Å². The van der Waals surface area contributed by atoms with E-state index in [2.05, 4.69) is 26.8 Å². The van der Waals surface area contributed by atoms with Gasteiger partial charge < -0.3 is 14.4 Å². The maximum atomic E-state index is 12.5. The molecule has 0 unspecified atom stereocenters. The van der Waals surface area contributed by atoms with Crippen molar-refractivity contribution in [3.63, 3.8) is 0 Å². The lowest BCUT2D eigenvalue weighted by Crippen LogP contribution is -2.46. The lowest BCUT2D eigenvalue weighted by atomic mass is 9.72. The van der Waals surface area contributed by atoms with E-state index in [0.29, 0.717) is 26.3 Å². The first kappa shape index (κ1) is 16.7. The van der Waals surface area contributed by atoms with Crippen LogP contribution in [-0.2, 0) is 14.3 Å². The van der Waals surface area contributed by atoms with Gasteiger partial charge in [-0.2, -0.15) is 0 Å². The molecule has 128 valence electrons. The second kappa shape index (κ2) is 6.40. The minimum atomic E-state index is -0.412. The number of amides is 1. The van der Waals surface area contributed by atoms with Gasteiger partial charge in [0.05, 0.1) is 13.2 Å². The Morgan fingerprint density at radius 2 is 1.78 bits per heavy atom. The molecule has 0 bridgehead atoms. The van der Waals surface area contributed by atoms with Gasteiger partial charge in [0.1, 0.15) is 0 Å². The number of hydrogen-bond acceptors (Lipinski definition) is 3. The summed E-state index contributed by atoms with van der Waals surface area (Å²) in [6.45, 7) is 9.53. The van der Waals surface area contributed by atoms with E-state index in [9.17, 15) is 4.79 Å². The quantitative estimate of drug-likeness (QED) is 0.732. The van der Waals surface area contributed by atoms with Crippen LogP contribution in [0.1, 0.15) is 52.9 Å². The minimum absolute atomic E-state index is 0.111. The number of nitrogens with zero attached hydrogens (tertiary/aromatic N) is 1.